The molecule has 578 valence electrons. The maximum Gasteiger partial charge on any atom is 0.417 e. The largest absolute Gasteiger partial charge is 0.417 e. The summed E-state index contributed by atoms with van der Waals surface area (Å²) in [6.45, 7) is 15.4. The van der Waals surface area contributed by atoms with Crippen LogP contribution in [0, 0.1) is 31.6 Å². The van der Waals surface area contributed by atoms with Crippen molar-refractivity contribution >= 4 is 82.5 Å². The Labute approximate surface area is 621 Å². The quantitative estimate of drug-likeness (QED) is 0.157. The van der Waals surface area contributed by atoms with Crippen molar-refractivity contribution in [2.75, 3.05) is 76.5 Å². The predicted octanol–water partition coefficient (Wildman–Crippen LogP) is 6.46. The number of benzene rings is 3. The van der Waals surface area contributed by atoms with Gasteiger partial charge < -0.3 is 60.0 Å². The molecule has 3 N–H and O–H groups in total. The number of aryl methyl sites for hydroxylation is 3. The molecule has 0 bridgehead atoms. The monoisotopic (exact) mass is 1490 g/mol. The highest BCUT2D eigenvalue weighted by atomic mass is 35.5. The van der Waals surface area contributed by atoms with Crippen LogP contribution in [0.3, 0.4) is 0 Å². The van der Waals surface area contributed by atoms with Gasteiger partial charge in [0.15, 0.2) is 0 Å². The molecule has 3 aromatic rings. The number of likely N-dealkylation sites (N-methyl/N-ethyl adjacent to an activating group) is 8. The van der Waals surface area contributed by atoms with E-state index in [4.69, 9.17) is 11.6 Å². The molecule has 0 aromatic heterocycles. The maximum atomic E-state index is 15.7. The second-order valence-corrected chi connectivity index (χ2v) is 30.3. The zero-order chi connectivity index (χ0) is 78.6. The number of carbonyl (C=O) groups excluding carboxylic acids is 12. The molecule has 3 aliphatic rings. The predicted molar refractivity (Wildman–Crippen MR) is 392 cm³/mol. The van der Waals surface area contributed by atoms with Crippen LogP contribution >= 0.6 is 11.6 Å². The van der Waals surface area contributed by atoms with Crippen LogP contribution in [0.4, 0.5) is 13.2 Å². The van der Waals surface area contributed by atoms with Crippen molar-refractivity contribution in [2.24, 2.45) is 17.8 Å². The number of carbonyl (C=O) groups is 12. The van der Waals surface area contributed by atoms with Gasteiger partial charge in [-0.2, -0.15) is 13.2 Å². The van der Waals surface area contributed by atoms with E-state index in [2.05, 4.69) is 16.0 Å². The molecule has 1 aliphatic carbocycles. The number of hydrogen-bond acceptors (Lipinski definition) is 12. The molecule has 2 saturated heterocycles. The molecule has 1 unspecified atom stereocenters. The number of amides is 12. The van der Waals surface area contributed by atoms with Gasteiger partial charge in [-0.05, 0) is 106 Å². The third-order valence-corrected chi connectivity index (χ3v) is 21.9. The molecule has 2 aliphatic heterocycles. The number of halogens is 4. The van der Waals surface area contributed by atoms with Crippen LogP contribution in [0.15, 0.2) is 66.7 Å². The minimum Gasteiger partial charge on any atom is -0.347 e. The summed E-state index contributed by atoms with van der Waals surface area (Å²) in [4.78, 5) is 192. The minimum atomic E-state index is -4.79. The first kappa shape index (κ1) is 85.3. The molecule has 0 radical (unpaired) electrons. The van der Waals surface area contributed by atoms with E-state index >= 15 is 24.0 Å². The topological polar surface area (TPSA) is 270 Å². The standard InChI is InChI=1S/C77H110ClF3N12O12/c1-19-48(7)64-73(103)87(13)50(9)68(98)93-37-34-57(93)72(102)90(16)60(41-52-28-26-46(5)27-29-52)71(101)86(12)44-62(94)82-56(33-31-51-30-32-54(55(78)40-51)77(79,80)81)69(99)89(15)59(42-53-25-23-24-47(6)39-53)67(97)84-76(35-21-22-36-76)75(105)92(18)65(49(8)20-2)74(104)91(17)61(70(100)85(10)11)43-63(95)88(14)58(38-45(3)4)66(96)83-64/h23-30,32,39-40,45,48-50,56-61,64-65H,19-22,31,33-38,41-44H2,1-18H3,(H,82,94)(H,83,96)(H,84,97)/t48-,49-,50-,56-,57?,58-,59-,60-,61-,64-,65-/m0/s1. The number of nitrogens with zero attached hydrogens (tertiary/aromatic N) is 9. The van der Waals surface area contributed by atoms with Gasteiger partial charge >= 0.3 is 6.18 Å². The number of rotatable bonds is 14. The fourth-order valence-corrected chi connectivity index (χ4v) is 14.4. The van der Waals surface area contributed by atoms with Crippen LogP contribution in [0.1, 0.15) is 146 Å². The van der Waals surface area contributed by atoms with Gasteiger partial charge in [-0.25, -0.2) is 0 Å². The highest BCUT2D eigenvalue weighted by molar-refractivity contribution is 6.31. The SMILES string of the molecule is CC[C@H](C)[C@@H]1NC(=O)[C@H](CC(C)C)N(C)C(=O)C[C@@H](C(=O)N(C)C)N(C)C(=O)[C@H]([C@@H](C)CC)N(C)C(=O)C2(CCCC2)NC(=O)[C@H](Cc2cccc(C)c2)N(C)C(=O)[C@H](CCc2ccc(C(F)(F)F)c(Cl)c2)NC(=O)CN(C)C(=O)[C@H](Cc2ccc(C)cc2)N(C)C(=O)C2CCN2C(=O)[C@H](C)N(C)C1=O. The minimum absolute atomic E-state index is 0.0635. The molecule has 105 heavy (non-hydrogen) atoms. The Hall–Kier alpha value is -8.62. The zero-order valence-electron chi connectivity index (χ0n) is 64.3. The van der Waals surface area contributed by atoms with Crippen molar-refractivity contribution in [3.63, 3.8) is 0 Å². The molecule has 28 heteroatoms. The van der Waals surface area contributed by atoms with Crippen LogP contribution in [0.5, 0.6) is 0 Å². The van der Waals surface area contributed by atoms with Crippen molar-refractivity contribution in [1.82, 2.24) is 60.0 Å². The van der Waals surface area contributed by atoms with Crippen molar-refractivity contribution in [3.8, 4) is 0 Å². The van der Waals surface area contributed by atoms with E-state index in [0.29, 0.717) is 36.8 Å². The number of fused-ring (bicyclic) bond motifs is 1. The van der Waals surface area contributed by atoms with Gasteiger partial charge in [-0.15, -0.1) is 0 Å². The van der Waals surface area contributed by atoms with Gasteiger partial charge in [0.1, 0.15) is 59.9 Å². The van der Waals surface area contributed by atoms with E-state index in [1.165, 1.54) is 106 Å². The van der Waals surface area contributed by atoms with E-state index in [0.717, 1.165) is 38.0 Å². The normalized spacial score (nSPS) is 24.8. The summed E-state index contributed by atoms with van der Waals surface area (Å²) in [7, 11) is 12.6. The lowest BCUT2D eigenvalue weighted by atomic mass is 9.90. The molecule has 3 aromatic carbocycles. The Morgan fingerprint density at radius 1 is 0.638 bits per heavy atom. The third kappa shape index (κ3) is 20.7. The first-order chi connectivity index (χ1) is 49.1. The summed E-state index contributed by atoms with van der Waals surface area (Å²) >= 11 is 6.20. The van der Waals surface area contributed by atoms with Crippen LogP contribution < -0.4 is 16.0 Å². The lowest BCUT2D eigenvalue weighted by molar-refractivity contribution is -0.160. The Morgan fingerprint density at radius 3 is 1.79 bits per heavy atom. The maximum absolute atomic E-state index is 15.7. The lowest BCUT2D eigenvalue weighted by Crippen LogP contribution is -2.65. The van der Waals surface area contributed by atoms with Gasteiger partial charge in [-0.3, -0.25) is 57.5 Å². The number of hydrogen-bond donors (Lipinski definition) is 3. The molecule has 3 fully saturated rings. The second-order valence-electron chi connectivity index (χ2n) is 29.9. The average molecular weight is 1490 g/mol. The van der Waals surface area contributed by atoms with Gasteiger partial charge in [0.25, 0.3) is 0 Å². The van der Waals surface area contributed by atoms with E-state index in [1.807, 2.05) is 65.8 Å². The molecule has 2 heterocycles. The highest BCUT2D eigenvalue weighted by Crippen LogP contribution is 2.37. The van der Waals surface area contributed by atoms with E-state index in [-0.39, 0.29) is 69.4 Å². The summed E-state index contributed by atoms with van der Waals surface area (Å²) in [5.74, 6) is -9.89. The van der Waals surface area contributed by atoms with Crippen molar-refractivity contribution in [2.45, 2.75) is 212 Å². The van der Waals surface area contributed by atoms with E-state index < -0.39 is 172 Å². The fourth-order valence-electron chi connectivity index (χ4n) is 14.1. The summed E-state index contributed by atoms with van der Waals surface area (Å²) < 4.78 is 42.0. The molecular weight excluding hydrogens is 1380 g/mol. The Morgan fingerprint density at radius 2 is 1.24 bits per heavy atom. The van der Waals surface area contributed by atoms with Gasteiger partial charge in [0.2, 0.25) is 70.9 Å². The highest BCUT2D eigenvalue weighted by Gasteiger charge is 2.51. The Kier molecular flexibility index (Phi) is 29.7. The number of alkyl halides is 3. The van der Waals surface area contributed by atoms with Crippen LogP contribution in [-0.4, -0.2) is 251 Å². The number of nitrogens with one attached hydrogen (secondary N) is 3. The van der Waals surface area contributed by atoms with E-state index in [9.17, 15) is 46.7 Å². The van der Waals surface area contributed by atoms with Crippen molar-refractivity contribution < 1.29 is 70.7 Å². The Balaban J connectivity index is 1.51. The second kappa shape index (κ2) is 36.6. The summed E-state index contributed by atoms with van der Waals surface area (Å²) in [6, 6.07) is 5.61. The smallest absolute Gasteiger partial charge is 0.347 e. The molecule has 11 atom stereocenters. The molecule has 1 saturated carbocycles. The van der Waals surface area contributed by atoms with Crippen molar-refractivity contribution in [1.29, 1.82) is 0 Å². The third-order valence-electron chi connectivity index (χ3n) is 21.6. The Bertz CT molecular complexity index is 3660. The molecule has 6 rings (SSSR count). The van der Waals surface area contributed by atoms with E-state index in [1.54, 1.807) is 38.1 Å². The first-order valence-electron chi connectivity index (χ1n) is 36.4. The molecule has 24 nitrogen and oxygen atoms in total. The van der Waals surface area contributed by atoms with Crippen LogP contribution in [0.25, 0.3) is 0 Å². The van der Waals surface area contributed by atoms with Gasteiger partial charge in [0.05, 0.1) is 23.6 Å². The van der Waals surface area contributed by atoms with Crippen molar-refractivity contribution in [3.05, 3.63) is 105 Å². The molecule has 12 amide bonds. The van der Waals surface area contributed by atoms with Crippen LogP contribution in [-0.2, 0) is 83.0 Å². The first-order valence-corrected chi connectivity index (χ1v) is 36.7. The lowest BCUT2D eigenvalue weighted by Gasteiger charge is -2.45. The summed E-state index contributed by atoms with van der Waals surface area (Å²) in [6.07, 6.45) is -3.98. The fraction of sp³-hybridized carbons (Fsp3) is 0.610. The van der Waals surface area contributed by atoms with Gasteiger partial charge in [-0.1, -0.05) is 145 Å². The van der Waals surface area contributed by atoms with Gasteiger partial charge in [0, 0.05) is 82.8 Å². The molecular formula is C77H110ClF3N12O12. The zero-order valence-corrected chi connectivity index (χ0v) is 65.1. The van der Waals surface area contributed by atoms with Crippen LogP contribution in [0.2, 0.25) is 5.02 Å². The average Bonchev–Trinajstić information content (AvgIpc) is 1.75. The molecule has 1 spiro atoms. The summed E-state index contributed by atoms with van der Waals surface area (Å²) in [5, 5.41) is 8.10. The summed E-state index contributed by atoms with van der Waals surface area (Å²) in [5.41, 5.74) is 0.418.